The second-order valence-corrected chi connectivity index (χ2v) is 12.3. The van der Waals surface area contributed by atoms with Crippen molar-refractivity contribution in [2.45, 2.75) is 94.7 Å². The SMILES string of the molecule is CC(C)[C@H](NC(=O)[C@H](CO)NC(=O)[C@@H](N)CCC(N)=O)C(=O)N[C@@H](CC(N)=O)C(=O)N[C@@H](CC(N)=O)C(=O)N[C@@H](CC(N)=O)C(=O)N[C@@H](CC(=O)O)C(=O)O. The molecular formula is C29H47N11O15. The van der Waals surface area contributed by atoms with E-state index < -0.39 is 152 Å². The number of carboxylic acids is 2. The van der Waals surface area contributed by atoms with Crippen LogP contribution in [0.4, 0.5) is 0 Å². The van der Waals surface area contributed by atoms with E-state index in [4.69, 9.17) is 33.8 Å². The summed E-state index contributed by atoms with van der Waals surface area (Å²) in [5.41, 5.74) is 26.2. The smallest absolute Gasteiger partial charge is 0.326 e. The van der Waals surface area contributed by atoms with Gasteiger partial charge in [-0.2, -0.15) is 0 Å². The Morgan fingerprint density at radius 1 is 0.491 bits per heavy atom. The van der Waals surface area contributed by atoms with Crippen LogP contribution in [0.1, 0.15) is 52.4 Å². The van der Waals surface area contributed by atoms with Crippen LogP contribution >= 0.6 is 0 Å². The van der Waals surface area contributed by atoms with E-state index in [1.807, 2.05) is 10.6 Å². The molecule has 26 heteroatoms. The first-order chi connectivity index (χ1) is 25.4. The molecule has 55 heavy (non-hydrogen) atoms. The lowest BCUT2D eigenvalue weighted by molar-refractivity contribution is -0.147. The summed E-state index contributed by atoms with van der Waals surface area (Å²) in [5.74, 6) is -15.9. The number of nitrogens with two attached hydrogens (primary N) is 5. The third-order valence-corrected chi connectivity index (χ3v) is 7.21. The average Bonchev–Trinajstić information content (AvgIpc) is 3.05. The van der Waals surface area contributed by atoms with Gasteiger partial charge in [-0.25, -0.2) is 4.79 Å². The van der Waals surface area contributed by atoms with Gasteiger partial charge in [0, 0.05) is 6.42 Å². The van der Waals surface area contributed by atoms with Gasteiger partial charge >= 0.3 is 11.9 Å². The van der Waals surface area contributed by atoms with Crippen LogP contribution in [0.5, 0.6) is 0 Å². The van der Waals surface area contributed by atoms with Crippen molar-refractivity contribution in [1.29, 1.82) is 0 Å². The molecule has 0 aliphatic rings. The van der Waals surface area contributed by atoms with Crippen LogP contribution in [0.25, 0.3) is 0 Å². The van der Waals surface area contributed by atoms with Crippen LogP contribution in [0.2, 0.25) is 0 Å². The van der Waals surface area contributed by atoms with Crippen molar-refractivity contribution < 1.29 is 72.9 Å². The summed E-state index contributed by atoms with van der Waals surface area (Å²) in [6.45, 7) is 1.89. The molecule has 26 nitrogen and oxygen atoms in total. The van der Waals surface area contributed by atoms with Gasteiger partial charge in [0.2, 0.25) is 59.1 Å². The summed E-state index contributed by atoms with van der Waals surface area (Å²) in [6.07, 6.45) is -4.48. The Morgan fingerprint density at radius 3 is 1.18 bits per heavy atom. The Hall–Kier alpha value is -6.44. The molecule has 0 aromatic rings. The lowest BCUT2D eigenvalue weighted by Gasteiger charge is -2.28. The first-order valence-corrected chi connectivity index (χ1v) is 16.2. The zero-order valence-corrected chi connectivity index (χ0v) is 29.7. The number of amides is 10. The first kappa shape index (κ1) is 48.6. The highest BCUT2D eigenvalue weighted by molar-refractivity contribution is 6.00. The molecule has 0 aromatic carbocycles. The fourth-order valence-electron chi connectivity index (χ4n) is 4.38. The topological polar surface area (TPSA) is 468 Å². The molecule has 0 unspecified atom stereocenters. The van der Waals surface area contributed by atoms with E-state index in [2.05, 4.69) is 16.0 Å². The Bertz CT molecular complexity index is 1510. The molecule has 0 spiro atoms. The zero-order chi connectivity index (χ0) is 42.7. The Labute approximate surface area is 311 Å². The molecule has 308 valence electrons. The predicted octanol–water partition coefficient (Wildman–Crippen LogP) is -8.68. The molecule has 0 rings (SSSR count). The summed E-state index contributed by atoms with van der Waals surface area (Å²) in [4.78, 5) is 147. The van der Waals surface area contributed by atoms with Gasteiger partial charge in [0.15, 0.2) is 0 Å². The van der Waals surface area contributed by atoms with Crippen LogP contribution in [-0.4, -0.2) is 135 Å². The van der Waals surface area contributed by atoms with Gasteiger partial charge in [0.25, 0.3) is 0 Å². The predicted molar refractivity (Wildman–Crippen MR) is 181 cm³/mol. The highest BCUT2D eigenvalue weighted by atomic mass is 16.4. The molecule has 0 saturated heterocycles. The van der Waals surface area contributed by atoms with Gasteiger partial charge < -0.3 is 75.9 Å². The molecule has 0 aromatic heterocycles. The minimum atomic E-state index is -2.03. The van der Waals surface area contributed by atoms with Crippen molar-refractivity contribution in [1.82, 2.24) is 31.9 Å². The van der Waals surface area contributed by atoms with Crippen LogP contribution in [0, 0.1) is 5.92 Å². The van der Waals surface area contributed by atoms with E-state index in [9.17, 15) is 67.7 Å². The molecule has 0 saturated carbocycles. The number of hydrogen-bond donors (Lipinski definition) is 14. The summed E-state index contributed by atoms with van der Waals surface area (Å²) >= 11 is 0. The number of nitrogens with one attached hydrogen (secondary N) is 6. The molecule has 0 heterocycles. The van der Waals surface area contributed by atoms with Crippen molar-refractivity contribution in [3.63, 3.8) is 0 Å². The second kappa shape index (κ2) is 23.3. The normalized spacial score (nSPS) is 14.6. The summed E-state index contributed by atoms with van der Waals surface area (Å²) < 4.78 is 0. The van der Waals surface area contributed by atoms with E-state index in [1.165, 1.54) is 13.8 Å². The van der Waals surface area contributed by atoms with Crippen molar-refractivity contribution >= 4 is 71.0 Å². The Balaban J connectivity index is 6.17. The van der Waals surface area contributed by atoms with Gasteiger partial charge in [0.05, 0.1) is 38.3 Å². The molecule has 19 N–H and O–H groups in total. The van der Waals surface area contributed by atoms with Crippen LogP contribution in [-0.2, 0) is 57.5 Å². The third kappa shape index (κ3) is 18.8. The minimum absolute atomic E-state index is 0.186. The van der Waals surface area contributed by atoms with Crippen molar-refractivity contribution in [3.8, 4) is 0 Å². The van der Waals surface area contributed by atoms with Crippen LogP contribution < -0.4 is 60.6 Å². The van der Waals surface area contributed by atoms with Crippen LogP contribution in [0.3, 0.4) is 0 Å². The highest BCUT2D eigenvalue weighted by Gasteiger charge is 2.36. The zero-order valence-electron chi connectivity index (χ0n) is 29.7. The number of aliphatic hydroxyl groups excluding tert-OH is 1. The maximum atomic E-state index is 13.3. The highest BCUT2D eigenvalue weighted by Crippen LogP contribution is 2.07. The van der Waals surface area contributed by atoms with Gasteiger partial charge in [-0.1, -0.05) is 13.8 Å². The molecule has 0 radical (unpaired) electrons. The van der Waals surface area contributed by atoms with Crippen molar-refractivity contribution in [3.05, 3.63) is 0 Å². The summed E-state index contributed by atoms with van der Waals surface area (Å²) in [6, 6.07) is -12.4. The van der Waals surface area contributed by atoms with E-state index in [0.717, 1.165) is 0 Å². The molecule has 0 fully saturated rings. The number of aliphatic hydroxyl groups is 1. The molecular weight excluding hydrogens is 742 g/mol. The maximum Gasteiger partial charge on any atom is 0.326 e. The molecule has 0 bridgehead atoms. The number of aliphatic carboxylic acids is 2. The number of carbonyl (C=O) groups is 12. The second-order valence-electron chi connectivity index (χ2n) is 12.3. The number of carboxylic acid groups (broad SMARTS) is 2. The van der Waals surface area contributed by atoms with E-state index in [-0.39, 0.29) is 12.8 Å². The summed E-state index contributed by atoms with van der Waals surface area (Å²) in [7, 11) is 0. The largest absolute Gasteiger partial charge is 0.481 e. The van der Waals surface area contributed by atoms with Gasteiger partial charge in [-0.3, -0.25) is 52.7 Å². The Kier molecular flexibility index (Phi) is 20.5. The number of hydrogen-bond acceptors (Lipinski definition) is 14. The Morgan fingerprint density at radius 2 is 0.855 bits per heavy atom. The van der Waals surface area contributed by atoms with E-state index in [1.54, 1.807) is 5.32 Å². The van der Waals surface area contributed by atoms with Gasteiger partial charge in [-0.15, -0.1) is 0 Å². The fraction of sp³-hybridized carbons (Fsp3) is 0.586. The third-order valence-electron chi connectivity index (χ3n) is 7.21. The molecule has 10 amide bonds. The minimum Gasteiger partial charge on any atom is -0.481 e. The molecule has 7 atom stereocenters. The van der Waals surface area contributed by atoms with E-state index in [0.29, 0.717) is 0 Å². The van der Waals surface area contributed by atoms with Gasteiger partial charge in [-0.05, 0) is 12.3 Å². The molecule has 0 aliphatic heterocycles. The quantitative estimate of drug-likeness (QED) is 0.0387. The standard InChI is InChI=1S/C29H47N11O15/c1-10(2)22(40-27(52)16(9-41)39-23(48)11(30)3-4-17(31)42)28(53)37-14(7-20(34)45)25(50)35-12(5-18(32)43)24(49)36-13(6-19(33)44)26(51)38-15(29(54)55)8-21(46)47/h10-16,22,41H,3-9,30H2,1-2H3,(H2,31,42)(H2,32,43)(H2,33,44)(H2,34,45)(H,35,50)(H,36,49)(H,37,53)(H,38,51)(H,39,48)(H,40,52)(H,46,47)(H,54,55)/t11-,12-,13-,14-,15-,16-,22-/m0/s1. The number of rotatable bonds is 26. The monoisotopic (exact) mass is 789 g/mol. The van der Waals surface area contributed by atoms with Crippen molar-refractivity contribution in [2.75, 3.05) is 6.61 Å². The fourth-order valence-corrected chi connectivity index (χ4v) is 4.38. The van der Waals surface area contributed by atoms with Crippen molar-refractivity contribution in [2.24, 2.45) is 34.6 Å². The lowest BCUT2D eigenvalue weighted by atomic mass is 10.0. The van der Waals surface area contributed by atoms with E-state index >= 15 is 0 Å². The number of primary amides is 4. The maximum absolute atomic E-state index is 13.3. The molecule has 0 aliphatic carbocycles. The first-order valence-electron chi connectivity index (χ1n) is 16.2. The number of carbonyl (C=O) groups excluding carboxylic acids is 10. The summed E-state index contributed by atoms with van der Waals surface area (Å²) in [5, 5.41) is 40.2. The van der Waals surface area contributed by atoms with Gasteiger partial charge in [0.1, 0.15) is 36.3 Å². The average molecular weight is 790 g/mol. The van der Waals surface area contributed by atoms with Crippen LogP contribution in [0.15, 0.2) is 0 Å². The lowest BCUT2D eigenvalue weighted by Crippen LogP contribution is -2.61.